The maximum atomic E-state index is 4.32. The number of hydrogen-bond donors (Lipinski definition) is 2. The van der Waals surface area contributed by atoms with Gasteiger partial charge in [0.15, 0.2) is 5.96 Å². The summed E-state index contributed by atoms with van der Waals surface area (Å²) in [4.78, 5) is 13.6. The fraction of sp³-hybridized carbons (Fsp3) is 0.455. The Kier molecular flexibility index (Phi) is 9.66. The van der Waals surface area contributed by atoms with Gasteiger partial charge in [0.05, 0.1) is 12.2 Å². The minimum absolute atomic E-state index is 0. The number of nitrogens with zero attached hydrogens (tertiary/aromatic N) is 4. The lowest BCUT2D eigenvalue weighted by Gasteiger charge is -2.37. The zero-order valence-corrected chi connectivity index (χ0v) is 20.0. The summed E-state index contributed by atoms with van der Waals surface area (Å²) >= 11 is 0. The molecule has 0 bridgehead atoms. The standard InChI is InChI=1S/C22H32N6.HI/c1-18-7-6-9-21(19(18)2)28-15-13-27(14-16-28)12-11-25-22(23-3)26-17-20-8-4-5-10-24-20;/h4-10H,11-17H2,1-3H3,(H2,23,25,26);1H. The number of aromatic nitrogens is 1. The summed E-state index contributed by atoms with van der Waals surface area (Å²) in [5, 5.41) is 6.72. The molecule has 1 aromatic heterocycles. The van der Waals surface area contributed by atoms with Crippen LogP contribution in [0.15, 0.2) is 47.6 Å². The molecule has 0 saturated carbocycles. The third kappa shape index (κ3) is 6.85. The van der Waals surface area contributed by atoms with Crippen LogP contribution in [-0.4, -0.2) is 62.2 Å². The van der Waals surface area contributed by atoms with Crippen molar-refractivity contribution < 1.29 is 0 Å². The quantitative estimate of drug-likeness (QED) is 0.357. The predicted molar refractivity (Wildman–Crippen MR) is 132 cm³/mol. The van der Waals surface area contributed by atoms with Crippen molar-refractivity contribution in [3.63, 3.8) is 0 Å². The fourth-order valence-electron chi connectivity index (χ4n) is 3.52. The van der Waals surface area contributed by atoms with Crippen LogP contribution in [0.25, 0.3) is 0 Å². The summed E-state index contributed by atoms with van der Waals surface area (Å²) in [7, 11) is 1.80. The SMILES string of the molecule is CN=C(NCCN1CCN(c2cccc(C)c2C)CC1)NCc1ccccn1.I. The van der Waals surface area contributed by atoms with Crippen LogP contribution in [0.2, 0.25) is 0 Å². The average Bonchev–Trinajstić information content (AvgIpc) is 2.74. The Morgan fingerprint density at radius 3 is 2.52 bits per heavy atom. The lowest BCUT2D eigenvalue weighted by Crippen LogP contribution is -2.49. The van der Waals surface area contributed by atoms with Crippen LogP contribution in [0.4, 0.5) is 5.69 Å². The van der Waals surface area contributed by atoms with Crippen LogP contribution >= 0.6 is 24.0 Å². The molecule has 7 heteroatoms. The van der Waals surface area contributed by atoms with Gasteiger partial charge in [0.1, 0.15) is 0 Å². The number of aliphatic imine (C=N–C) groups is 1. The van der Waals surface area contributed by atoms with Crippen LogP contribution in [0.5, 0.6) is 0 Å². The van der Waals surface area contributed by atoms with Crippen molar-refractivity contribution in [3.05, 3.63) is 59.4 Å². The Morgan fingerprint density at radius 1 is 1.03 bits per heavy atom. The van der Waals surface area contributed by atoms with E-state index in [1.165, 1.54) is 16.8 Å². The van der Waals surface area contributed by atoms with Crippen molar-refractivity contribution in [1.29, 1.82) is 0 Å². The molecule has 158 valence electrons. The van der Waals surface area contributed by atoms with Crippen molar-refractivity contribution in [2.75, 3.05) is 51.2 Å². The highest BCUT2D eigenvalue weighted by Gasteiger charge is 2.18. The van der Waals surface area contributed by atoms with Gasteiger partial charge in [-0.05, 0) is 43.2 Å². The minimum Gasteiger partial charge on any atom is -0.369 e. The molecule has 2 aromatic rings. The maximum Gasteiger partial charge on any atom is 0.191 e. The summed E-state index contributed by atoms with van der Waals surface area (Å²) in [6.07, 6.45) is 1.81. The van der Waals surface area contributed by atoms with Crippen molar-refractivity contribution in [2.24, 2.45) is 4.99 Å². The van der Waals surface area contributed by atoms with Gasteiger partial charge in [-0.3, -0.25) is 14.9 Å². The molecular formula is C22H33IN6. The molecule has 3 rings (SSSR count). The molecule has 0 spiro atoms. The second-order valence-electron chi connectivity index (χ2n) is 7.22. The normalized spacial score (nSPS) is 15.0. The number of nitrogens with one attached hydrogen (secondary N) is 2. The first kappa shape index (κ1) is 23.4. The molecule has 0 atom stereocenters. The van der Waals surface area contributed by atoms with Gasteiger partial charge in [-0.25, -0.2) is 0 Å². The molecule has 1 aliphatic heterocycles. The van der Waals surface area contributed by atoms with Gasteiger partial charge < -0.3 is 15.5 Å². The van der Waals surface area contributed by atoms with Crippen LogP contribution < -0.4 is 15.5 Å². The van der Waals surface area contributed by atoms with Gasteiger partial charge in [0, 0.05) is 58.2 Å². The van der Waals surface area contributed by atoms with E-state index in [0.717, 1.165) is 50.9 Å². The first-order valence-corrected chi connectivity index (χ1v) is 10.1. The Balaban J connectivity index is 0.00000300. The number of anilines is 1. The van der Waals surface area contributed by atoms with Gasteiger partial charge in [-0.15, -0.1) is 24.0 Å². The Morgan fingerprint density at radius 2 is 1.83 bits per heavy atom. The molecular weight excluding hydrogens is 475 g/mol. The first-order valence-electron chi connectivity index (χ1n) is 10.1. The van der Waals surface area contributed by atoms with E-state index in [4.69, 9.17) is 0 Å². The molecule has 1 aromatic carbocycles. The number of hydrogen-bond acceptors (Lipinski definition) is 4. The third-order valence-corrected chi connectivity index (χ3v) is 5.40. The van der Waals surface area contributed by atoms with E-state index in [0.29, 0.717) is 6.54 Å². The van der Waals surface area contributed by atoms with Gasteiger partial charge in [-0.2, -0.15) is 0 Å². The van der Waals surface area contributed by atoms with E-state index in [9.17, 15) is 0 Å². The van der Waals surface area contributed by atoms with Gasteiger partial charge in [0.2, 0.25) is 0 Å². The maximum absolute atomic E-state index is 4.32. The van der Waals surface area contributed by atoms with Crippen molar-refractivity contribution in [3.8, 4) is 0 Å². The molecule has 0 amide bonds. The number of pyridine rings is 1. The second kappa shape index (κ2) is 12.0. The van der Waals surface area contributed by atoms with E-state index in [-0.39, 0.29) is 24.0 Å². The number of aryl methyl sites for hydroxylation is 1. The minimum atomic E-state index is 0. The molecule has 1 saturated heterocycles. The highest BCUT2D eigenvalue weighted by atomic mass is 127. The Labute approximate surface area is 191 Å². The summed E-state index contributed by atoms with van der Waals surface area (Å²) in [6.45, 7) is 11.3. The molecule has 1 fully saturated rings. The van der Waals surface area contributed by atoms with Crippen LogP contribution in [0.3, 0.4) is 0 Å². The molecule has 0 aliphatic carbocycles. The number of rotatable bonds is 6. The lowest BCUT2D eigenvalue weighted by atomic mass is 10.1. The molecule has 0 unspecified atom stereocenters. The highest BCUT2D eigenvalue weighted by Crippen LogP contribution is 2.23. The fourth-order valence-corrected chi connectivity index (χ4v) is 3.52. The van der Waals surface area contributed by atoms with Crippen molar-refractivity contribution >= 4 is 35.6 Å². The van der Waals surface area contributed by atoms with E-state index < -0.39 is 0 Å². The molecule has 0 radical (unpaired) electrons. The van der Waals surface area contributed by atoms with Crippen molar-refractivity contribution in [2.45, 2.75) is 20.4 Å². The molecule has 2 N–H and O–H groups in total. The van der Waals surface area contributed by atoms with Crippen molar-refractivity contribution in [1.82, 2.24) is 20.5 Å². The third-order valence-electron chi connectivity index (χ3n) is 5.40. The van der Waals surface area contributed by atoms with E-state index in [2.05, 4.69) is 62.5 Å². The Bertz CT molecular complexity index is 772. The molecule has 6 nitrogen and oxygen atoms in total. The van der Waals surface area contributed by atoms with E-state index >= 15 is 0 Å². The largest absolute Gasteiger partial charge is 0.369 e. The molecule has 1 aliphatic rings. The van der Waals surface area contributed by atoms with Gasteiger partial charge in [0.25, 0.3) is 0 Å². The lowest BCUT2D eigenvalue weighted by molar-refractivity contribution is 0.261. The van der Waals surface area contributed by atoms with E-state index in [1.54, 1.807) is 7.05 Å². The summed E-state index contributed by atoms with van der Waals surface area (Å²) in [5.41, 5.74) is 5.17. The number of halogens is 1. The van der Waals surface area contributed by atoms with Gasteiger partial charge in [-0.1, -0.05) is 18.2 Å². The number of guanidine groups is 1. The summed E-state index contributed by atoms with van der Waals surface area (Å²) < 4.78 is 0. The zero-order valence-electron chi connectivity index (χ0n) is 17.7. The van der Waals surface area contributed by atoms with Crippen LogP contribution in [-0.2, 0) is 6.54 Å². The number of benzene rings is 1. The topological polar surface area (TPSA) is 55.8 Å². The highest BCUT2D eigenvalue weighted by molar-refractivity contribution is 14.0. The zero-order chi connectivity index (χ0) is 19.8. The Hall–Kier alpha value is -1.87. The average molecular weight is 508 g/mol. The second-order valence-corrected chi connectivity index (χ2v) is 7.22. The smallest absolute Gasteiger partial charge is 0.191 e. The monoisotopic (exact) mass is 508 g/mol. The van der Waals surface area contributed by atoms with Gasteiger partial charge >= 0.3 is 0 Å². The van der Waals surface area contributed by atoms with E-state index in [1.807, 2.05) is 24.4 Å². The molecule has 29 heavy (non-hydrogen) atoms. The van der Waals surface area contributed by atoms with Crippen LogP contribution in [0.1, 0.15) is 16.8 Å². The summed E-state index contributed by atoms with van der Waals surface area (Å²) in [5.74, 6) is 0.819. The predicted octanol–water partition coefficient (Wildman–Crippen LogP) is 2.80. The van der Waals surface area contributed by atoms with Crippen LogP contribution in [0, 0.1) is 13.8 Å². The molecule has 2 heterocycles. The summed E-state index contributed by atoms with van der Waals surface area (Å²) in [6, 6.07) is 12.5. The first-order chi connectivity index (χ1) is 13.7. The number of piperazine rings is 1.